The van der Waals surface area contributed by atoms with Crippen LogP contribution in [0.1, 0.15) is 11.1 Å². The number of rotatable bonds is 6. The summed E-state index contributed by atoms with van der Waals surface area (Å²) in [6, 6.07) is 14.2. The fourth-order valence-electron chi connectivity index (χ4n) is 1.94. The Hall–Kier alpha value is -3.66. The highest BCUT2D eigenvalue weighted by Gasteiger charge is 2.08. The van der Waals surface area contributed by atoms with E-state index in [4.69, 9.17) is 4.74 Å². The van der Waals surface area contributed by atoms with Gasteiger partial charge in [-0.2, -0.15) is 5.26 Å². The number of hydrogen-bond donors (Lipinski definition) is 0. The van der Waals surface area contributed by atoms with Gasteiger partial charge < -0.3 is 14.6 Å². The topological polar surface area (TPSA) is 116 Å². The minimum absolute atomic E-state index is 0.0975. The maximum atomic E-state index is 10.8. The van der Waals surface area contributed by atoms with Crippen LogP contribution in [0, 0.1) is 21.4 Å². The quantitative estimate of drug-likeness (QED) is 0.346. The summed E-state index contributed by atoms with van der Waals surface area (Å²) in [6.45, 7) is -0.549. The molecule has 120 valence electrons. The number of carbonyl (C=O) groups excluding carboxylic acids is 1. The molecule has 0 unspecified atom stereocenters. The first-order chi connectivity index (χ1) is 11.5. The van der Waals surface area contributed by atoms with Gasteiger partial charge in [-0.05, 0) is 29.3 Å². The molecule has 0 radical (unpaired) electrons. The number of non-ortho nitro benzene ring substituents is 1. The summed E-state index contributed by atoms with van der Waals surface area (Å²) in [4.78, 5) is 20.6. The first-order valence-electron chi connectivity index (χ1n) is 6.79. The molecule has 0 atom stereocenters. The molecule has 0 bridgehead atoms. The molecule has 0 saturated carbocycles. The number of carbonyl (C=O) groups is 1. The van der Waals surface area contributed by atoms with Gasteiger partial charge in [-0.3, -0.25) is 10.1 Å². The van der Waals surface area contributed by atoms with E-state index in [1.165, 1.54) is 18.2 Å². The molecule has 2 rings (SSSR count). The van der Waals surface area contributed by atoms with Crippen LogP contribution in [-0.2, 0) is 4.79 Å². The number of ether oxygens (including phenoxy) is 1. The molecule has 0 aliphatic heterocycles. The van der Waals surface area contributed by atoms with Gasteiger partial charge in [-0.1, -0.05) is 24.3 Å². The first-order valence-corrected chi connectivity index (χ1v) is 6.79. The zero-order valence-electron chi connectivity index (χ0n) is 12.3. The largest absolute Gasteiger partial charge is 0.546 e. The molecule has 7 heteroatoms. The van der Waals surface area contributed by atoms with Crippen LogP contribution in [-0.4, -0.2) is 17.5 Å². The van der Waals surface area contributed by atoms with Gasteiger partial charge in [0.1, 0.15) is 12.4 Å². The van der Waals surface area contributed by atoms with Crippen LogP contribution in [0.4, 0.5) is 5.69 Å². The number of allylic oxidation sites excluding steroid dienone is 1. The molecule has 2 aromatic carbocycles. The Morgan fingerprint density at radius 2 is 1.96 bits per heavy atom. The van der Waals surface area contributed by atoms with Crippen molar-refractivity contribution in [1.82, 2.24) is 0 Å². The van der Waals surface area contributed by atoms with Crippen molar-refractivity contribution in [2.75, 3.05) is 6.61 Å². The minimum atomic E-state index is -1.32. The lowest BCUT2D eigenvalue weighted by Gasteiger charge is -2.06. The molecule has 7 nitrogen and oxygen atoms in total. The van der Waals surface area contributed by atoms with Gasteiger partial charge in [0, 0.05) is 12.1 Å². The van der Waals surface area contributed by atoms with Gasteiger partial charge in [0.05, 0.1) is 22.5 Å². The van der Waals surface area contributed by atoms with Crippen LogP contribution >= 0.6 is 0 Å². The number of aliphatic carboxylic acids is 1. The number of benzene rings is 2. The van der Waals surface area contributed by atoms with Gasteiger partial charge in [-0.15, -0.1) is 0 Å². The smallest absolute Gasteiger partial charge is 0.270 e. The number of carboxylic acid groups (broad SMARTS) is 1. The average molecular weight is 323 g/mol. The molecule has 0 saturated heterocycles. The van der Waals surface area contributed by atoms with E-state index in [0.717, 1.165) is 0 Å². The van der Waals surface area contributed by atoms with Crippen molar-refractivity contribution in [3.8, 4) is 11.8 Å². The van der Waals surface area contributed by atoms with Crippen molar-refractivity contribution in [2.24, 2.45) is 0 Å². The second-order valence-corrected chi connectivity index (χ2v) is 4.71. The van der Waals surface area contributed by atoms with E-state index < -0.39 is 17.5 Å². The molecule has 0 aliphatic carbocycles. The summed E-state index contributed by atoms with van der Waals surface area (Å²) in [7, 11) is 0. The Morgan fingerprint density at radius 1 is 1.25 bits per heavy atom. The zero-order valence-corrected chi connectivity index (χ0v) is 12.3. The molecule has 24 heavy (non-hydrogen) atoms. The fourth-order valence-corrected chi connectivity index (χ4v) is 1.94. The molecule has 0 aliphatic rings. The first kappa shape index (κ1) is 16.7. The van der Waals surface area contributed by atoms with E-state index in [9.17, 15) is 25.3 Å². The molecule has 0 spiro atoms. The van der Waals surface area contributed by atoms with Crippen molar-refractivity contribution < 1.29 is 19.6 Å². The SMILES string of the molecule is N#C/C(=C/c1ccc(OCC(=O)[O-])cc1)c1cccc([N+](=O)[O-])c1. The molecular formula is C17H11N2O5-. The van der Waals surface area contributed by atoms with Crippen LogP contribution in [0.15, 0.2) is 48.5 Å². The summed E-state index contributed by atoms with van der Waals surface area (Å²) in [6.07, 6.45) is 1.57. The third-order valence-corrected chi connectivity index (χ3v) is 3.04. The Morgan fingerprint density at radius 3 is 2.54 bits per heavy atom. The van der Waals surface area contributed by atoms with Crippen molar-refractivity contribution in [3.63, 3.8) is 0 Å². The number of nitriles is 1. The average Bonchev–Trinajstić information content (AvgIpc) is 2.59. The van der Waals surface area contributed by atoms with Crippen LogP contribution in [0.3, 0.4) is 0 Å². The van der Waals surface area contributed by atoms with Gasteiger partial charge >= 0.3 is 0 Å². The van der Waals surface area contributed by atoms with Gasteiger partial charge in [0.25, 0.3) is 5.69 Å². The standard InChI is InChI=1S/C17H12N2O5/c18-10-14(13-2-1-3-15(9-13)19(22)23)8-12-4-6-16(7-5-12)24-11-17(20)21/h1-9H,11H2,(H,20,21)/p-1/b14-8-. The summed E-state index contributed by atoms with van der Waals surface area (Å²) in [5.74, 6) is -0.971. The van der Waals surface area contributed by atoms with E-state index in [1.54, 1.807) is 36.4 Å². The molecule has 0 fully saturated rings. The van der Waals surface area contributed by atoms with Crippen LogP contribution in [0.2, 0.25) is 0 Å². The normalized spacial score (nSPS) is 10.7. The maximum absolute atomic E-state index is 10.8. The number of hydrogen-bond acceptors (Lipinski definition) is 6. The second-order valence-electron chi connectivity index (χ2n) is 4.71. The van der Waals surface area contributed by atoms with Crippen molar-refractivity contribution in [2.45, 2.75) is 0 Å². The summed E-state index contributed by atoms with van der Waals surface area (Å²) in [5, 5.41) is 30.4. The maximum Gasteiger partial charge on any atom is 0.270 e. The predicted octanol–water partition coefficient (Wildman–Crippen LogP) is 1.79. The summed E-state index contributed by atoms with van der Waals surface area (Å²) in [5.41, 5.74) is 1.27. The lowest BCUT2D eigenvalue weighted by molar-refractivity contribution is -0.384. The number of nitrogens with zero attached hydrogens (tertiary/aromatic N) is 2. The summed E-state index contributed by atoms with van der Waals surface area (Å²) < 4.78 is 4.96. The highest BCUT2D eigenvalue weighted by molar-refractivity contribution is 5.90. The molecule has 0 aromatic heterocycles. The second kappa shape index (κ2) is 7.56. The van der Waals surface area contributed by atoms with Crippen LogP contribution in [0.25, 0.3) is 11.6 Å². The zero-order chi connectivity index (χ0) is 17.5. The Labute approximate surface area is 137 Å². The fraction of sp³-hybridized carbons (Fsp3) is 0.0588. The van der Waals surface area contributed by atoms with E-state index >= 15 is 0 Å². The third kappa shape index (κ3) is 4.42. The molecule has 0 N–H and O–H groups in total. The number of nitro benzene ring substituents is 1. The lowest BCUT2D eigenvalue weighted by atomic mass is 10.0. The minimum Gasteiger partial charge on any atom is -0.546 e. The van der Waals surface area contributed by atoms with E-state index in [-0.39, 0.29) is 11.3 Å². The van der Waals surface area contributed by atoms with E-state index in [0.29, 0.717) is 16.9 Å². The Bertz CT molecular complexity index is 835. The van der Waals surface area contributed by atoms with Crippen LogP contribution < -0.4 is 9.84 Å². The monoisotopic (exact) mass is 323 g/mol. The van der Waals surface area contributed by atoms with Crippen LogP contribution in [0.5, 0.6) is 5.75 Å². The van der Waals surface area contributed by atoms with Gasteiger partial charge in [0.15, 0.2) is 0 Å². The Kier molecular flexibility index (Phi) is 5.26. The van der Waals surface area contributed by atoms with Gasteiger partial charge in [-0.25, -0.2) is 0 Å². The lowest BCUT2D eigenvalue weighted by Crippen LogP contribution is -2.28. The highest BCUT2D eigenvalue weighted by Crippen LogP contribution is 2.23. The van der Waals surface area contributed by atoms with Crippen molar-refractivity contribution in [3.05, 3.63) is 69.8 Å². The summed E-state index contributed by atoms with van der Waals surface area (Å²) >= 11 is 0. The molecule has 2 aromatic rings. The number of nitro groups is 1. The molecular weight excluding hydrogens is 312 g/mol. The van der Waals surface area contributed by atoms with Crippen molar-refractivity contribution >= 4 is 23.3 Å². The highest BCUT2D eigenvalue weighted by atomic mass is 16.6. The van der Waals surface area contributed by atoms with E-state index in [2.05, 4.69) is 0 Å². The Balaban J connectivity index is 2.24. The third-order valence-electron chi connectivity index (χ3n) is 3.04. The number of carboxylic acids is 1. The van der Waals surface area contributed by atoms with Crippen molar-refractivity contribution in [1.29, 1.82) is 5.26 Å². The molecule has 0 amide bonds. The molecule has 0 heterocycles. The van der Waals surface area contributed by atoms with Gasteiger partial charge in [0.2, 0.25) is 0 Å². The predicted molar refractivity (Wildman–Crippen MR) is 83.5 cm³/mol. The van der Waals surface area contributed by atoms with E-state index in [1.807, 2.05) is 6.07 Å².